The molecule has 1 atom stereocenters. The van der Waals surface area contributed by atoms with Gasteiger partial charge in [-0.05, 0) is 12.1 Å². The summed E-state index contributed by atoms with van der Waals surface area (Å²) in [5.74, 6) is 0.426. The van der Waals surface area contributed by atoms with E-state index in [-0.39, 0.29) is 17.9 Å². The zero-order chi connectivity index (χ0) is 16.9. The SMILES string of the molecule is CC(=O)NCc1cnc(C2CN(C(=O)c3ccccn3)CCO2)[nH]1. The number of imidazole rings is 1. The van der Waals surface area contributed by atoms with Gasteiger partial charge < -0.3 is 19.9 Å². The summed E-state index contributed by atoms with van der Waals surface area (Å²) in [5, 5.41) is 2.70. The van der Waals surface area contributed by atoms with Crippen LogP contribution in [0.15, 0.2) is 30.6 Å². The number of aromatic nitrogens is 3. The molecule has 0 aromatic carbocycles. The predicted octanol–water partition coefficient (Wildman–Crippen LogP) is 0.654. The topological polar surface area (TPSA) is 100 Å². The van der Waals surface area contributed by atoms with Gasteiger partial charge in [-0.3, -0.25) is 14.6 Å². The van der Waals surface area contributed by atoms with Crippen LogP contribution in [0, 0.1) is 0 Å². The molecule has 0 saturated carbocycles. The lowest BCUT2D eigenvalue weighted by molar-refractivity contribution is -0.119. The van der Waals surface area contributed by atoms with Crippen molar-refractivity contribution in [2.24, 2.45) is 0 Å². The van der Waals surface area contributed by atoms with Gasteiger partial charge in [0.15, 0.2) is 0 Å². The number of morpholine rings is 1. The van der Waals surface area contributed by atoms with Gasteiger partial charge in [-0.1, -0.05) is 6.07 Å². The Morgan fingerprint density at radius 1 is 1.42 bits per heavy atom. The highest BCUT2D eigenvalue weighted by molar-refractivity contribution is 5.92. The van der Waals surface area contributed by atoms with Crippen LogP contribution < -0.4 is 5.32 Å². The molecular formula is C16H19N5O3. The number of nitrogens with zero attached hydrogens (tertiary/aromatic N) is 3. The standard InChI is InChI=1S/C16H19N5O3/c1-11(22)18-8-12-9-19-15(20-12)14-10-21(6-7-24-14)16(23)13-4-2-3-5-17-13/h2-5,9,14H,6-8,10H2,1H3,(H,18,22)(H,19,20). The number of carbonyl (C=O) groups excluding carboxylic acids is 2. The molecule has 8 heteroatoms. The second kappa shape index (κ2) is 7.22. The number of H-pyrrole nitrogens is 1. The maximum Gasteiger partial charge on any atom is 0.272 e. The molecule has 1 aliphatic heterocycles. The summed E-state index contributed by atoms with van der Waals surface area (Å²) < 4.78 is 5.72. The van der Waals surface area contributed by atoms with Crippen molar-refractivity contribution >= 4 is 11.8 Å². The van der Waals surface area contributed by atoms with E-state index >= 15 is 0 Å². The average Bonchev–Trinajstić information content (AvgIpc) is 3.09. The molecular weight excluding hydrogens is 310 g/mol. The summed E-state index contributed by atoms with van der Waals surface area (Å²) >= 11 is 0. The van der Waals surface area contributed by atoms with E-state index in [0.717, 1.165) is 5.69 Å². The third-order valence-electron chi connectivity index (χ3n) is 3.72. The lowest BCUT2D eigenvalue weighted by Gasteiger charge is -2.31. The summed E-state index contributed by atoms with van der Waals surface area (Å²) in [5.41, 5.74) is 1.21. The molecule has 3 rings (SSSR count). The molecule has 8 nitrogen and oxygen atoms in total. The van der Waals surface area contributed by atoms with Crippen molar-refractivity contribution in [3.63, 3.8) is 0 Å². The van der Waals surface area contributed by atoms with E-state index in [1.165, 1.54) is 6.92 Å². The lowest BCUT2D eigenvalue weighted by Crippen LogP contribution is -2.42. The van der Waals surface area contributed by atoms with Gasteiger partial charge in [0, 0.05) is 19.7 Å². The minimum Gasteiger partial charge on any atom is -0.367 e. The van der Waals surface area contributed by atoms with Gasteiger partial charge in [0.25, 0.3) is 5.91 Å². The molecule has 1 unspecified atom stereocenters. The first kappa shape index (κ1) is 16.1. The highest BCUT2D eigenvalue weighted by Gasteiger charge is 2.28. The molecule has 1 aliphatic rings. The van der Waals surface area contributed by atoms with Crippen molar-refractivity contribution in [2.45, 2.75) is 19.6 Å². The van der Waals surface area contributed by atoms with Crippen LogP contribution in [0.3, 0.4) is 0 Å². The number of amides is 2. The fourth-order valence-corrected chi connectivity index (χ4v) is 2.50. The first-order valence-electron chi connectivity index (χ1n) is 7.73. The van der Waals surface area contributed by atoms with Crippen molar-refractivity contribution in [3.05, 3.63) is 47.8 Å². The number of hydrogen-bond donors (Lipinski definition) is 2. The molecule has 24 heavy (non-hydrogen) atoms. The van der Waals surface area contributed by atoms with Gasteiger partial charge in [-0.15, -0.1) is 0 Å². The smallest absolute Gasteiger partial charge is 0.272 e. The molecule has 2 N–H and O–H groups in total. The van der Waals surface area contributed by atoms with Crippen LogP contribution in [0.1, 0.15) is 35.0 Å². The summed E-state index contributed by atoms with van der Waals surface area (Å²) in [6, 6.07) is 5.27. The van der Waals surface area contributed by atoms with Crippen molar-refractivity contribution < 1.29 is 14.3 Å². The normalized spacial score (nSPS) is 17.5. The Bertz CT molecular complexity index is 716. The number of ether oxygens (including phenoxy) is 1. The van der Waals surface area contributed by atoms with Gasteiger partial charge in [-0.2, -0.15) is 0 Å². The Labute approximate surface area is 139 Å². The molecule has 1 saturated heterocycles. The zero-order valence-corrected chi connectivity index (χ0v) is 13.4. The van der Waals surface area contributed by atoms with Crippen LogP contribution in [0.25, 0.3) is 0 Å². The molecule has 0 aliphatic carbocycles. The first-order valence-corrected chi connectivity index (χ1v) is 7.73. The molecule has 1 fully saturated rings. The van der Waals surface area contributed by atoms with E-state index in [1.54, 1.807) is 35.5 Å². The van der Waals surface area contributed by atoms with Crippen molar-refractivity contribution in [2.75, 3.05) is 19.7 Å². The molecule has 0 spiro atoms. The Balaban J connectivity index is 1.65. The average molecular weight is 329 g/mol. The van der Waals surface area contributed by atoms with E-state index < -0.39 is 0 Å². The second-order valence-corrected chi connectivity index (χ2v) is 5.53. The van der Waals surface area contributed by atoms with Gasteiger partial charge in [0.05, 0.1) is 31.6 Å². The van der Waals surface area contributed by atoms with Crippen LogP contribution in [0.5, 0.6) is 0 Å². The first-order chi connectivity index (χ1) is 11.6. The number of hydrogen-bond acceptors (Lipinski definition) is 5. The van der Waals surface area contributed by atoms with Gasteiger partial charge >= 0.3 is 0 Å². The Kier molecular flexibility index (Phi) is 4.85. The maximum absolute atomic E-state index is 12.5. The third-order valence-corrected chi connectivity index (χ3v) is 3.72. The van der Waals surface area contributed by atoms with Crippen molar-refractivity contribution in [1.82, 2.24) is 25.2 Å². The minimum atomic E-state index is -0.322. The summed E-state index contributed by atoms with van der Waals surface area (Å²) in [4.78, 5) is 36.7. The van der Waals surface area contributed by atoms with E-state index in [4.69, 9.17) is 4.74 Å². The monoisotopic (exact) mass is 329 g/mol. The second-order valence-electron chi connectivity index (χ2n) is 5.53. The Morgan fingerprint density at radius 2 is 2.29 bits per heavy atom. The van der Waals surface area contributed by atoms with E-state index in [0.29, 0.717) is 37.8 Å². The minimum absolute atomic E-state index is 0.104. The van der Waals surface area contributed by atoms with E-state index in [1.807, 2.05) is 0 Å². The predicted molar refractivity (Wildman–Crippen MR) is 84.9 cm³/mol. The number of nitrogens with one attached hydrogen (secondary N) is 2. The summed E-state index contributed by atoms with van der Waals surface area (Å²) in [6.45, 7) is 3.20. The Hall–Kier alpha value is -2.74. The number of aromatic amines is 1. The van der Waals surface area contributed by atoms with Gasteiger partial charge in [-0.25, -0.2) is 4.98 Å². The Morgan fingerprint density at radius 3 is 3.04 bits per heavy atom. The molecule has 2 aromatic heterocycles. The zero-order valence-electron chi connectivity index (χ0n) is 13.4. The molecule has 0 radical (unpaired) electrons. The van der Waals surface area contributed by atoms with Gasteiger partial charge in [0.2, 0.25) is 5.91 Å². The van der Waals surface area contributed by atoms with Crippen LogP contribution in [-0.2, 0) is 16.1 Å². The fourth-order valence-electron chi connectivity index (χ4n) is 2.50. The molecule has 126 valence electrons. The van der Waals surface area contributed by atoms with Crippen LogP contribution in [0.4, 0.5) is 0 Å². The van der Waals surface area contributed by atoms with Crippen LogP contribution in [-0.4, -0.2) is 51.4 Å². The maximum atomic E-state index is 12.5. The summed E-state index contributed by atoms with van der Waals surface area (Å²) in [7, 11) is 0. The third kappa shape index (κ3) is 3.77. The number of carbonyl (C=O) groups is 2. The quantitative estimate of drug-likeness (QED) is 0.858. The molecule has 3 heterocycles. The van der Waals surface area contributed by atoms with Crippen LogP contribution >= 0.6 is 0 Å². The molecule has 2 aromatic rings. The summed E-state index contributed by atoms with van der Waals surface area (Å²) in [6.07, 6.45) is 2.94. The highest BCUT2D eigenvalue weighted by Crippen LogP contribution is 2.20. The highest BCUT2D eigenvalue weighted by atomic mass is 16.5. The van der Waals surface area contributed by atoms with Crippen LogP contribution in [0.2, 0.25) is 0 Å². The fraction of sp³-hybridized carbons (Fsp3) is 0.375. The van der Waals surface area contributed by atoms with Gasteiger partial charge in [0.1, 0.15) is 17.6 Å². The molecule has 0 bridgehead atoms. The molecule has 2 amide bonds. The van der Waals surface area contributed by atoms with Crippen molar-refractivity contribution in [1.29, 1.82) is 0 Å². The van der Waals surface area contributed by atoms with E-state index in [2.05, 4.69) is 20.3 Å². The number of rotatable bonds is 4. The van der Waals surface area contributed by atoms with E-state index in [9.17, 15) is 9.59 Å². The lowest BCUT2D eigenvalue weighted by atomic mass is 10.2. The number of pyridine rings is 1. The van der Waals surface area contributed by atoms with Crippen molar-refractivity contribution in [3.8, 4) is 0 Å². The largest absolute Gasteiger partial charge is 0.367 e.